The third kappa shape index (κ3) is 2.74. The lowest BCUT2D eigenvalue weighted by molar-refractivity contribution is -0.122. The van der Waals surface area contributed by atoms with Crippen molar-refractivity contribution in [1.82, 2.24) is 20.2 Å². The van der Waals surface area contributed by atoms with Crippen LogP contribution in [0.25, 0.3) is 0 Å². The predicted octanol–water partition coefficient (Wildman–Crippen LogP) is -0.358. The van der Waals surface area contributed by atoms with Gasteiger partial charge in [-0.05, 0) is 16.0 Å². The summed E-state index contributed by atoms with van der Waals surface area (Å²) in [6.45, 7) is 0. The summed E-state index contributed by atoms with van der Waals surface area (Å²) in [6.07, 6.45) is 0. The van der Waals surface area contributed by atoms with E-state index in [1.54, 1.807) is 19.2 Å². The van der Waals surface area contributed by atoms with Crippen LogP contribution in [0, 0.1) is 0 Å². The Morgan fingerprint density at radius 2 is 2.11 bits per heavy atom. The van der Waals surface area contributed by atoms with Gasteiger partial charge in [0.15, 0.2) is 0 Å². The van der Waals surface area contributed by atoms with Gasteiger partial charge in [-0.3, -0.25) is 4.79 Å². The number of tetrazole rings is 1. The van der Waals surface area contributed by atoms with Crippen LogP contribution in [-0.2, 0) is 17.4 Å². The van der Waals surface area contributed by atoms with Gasteiger partial charge in [0.1, 0.15) is 5.54 Å². The average Bonchev–Trinajstić information content (AvgIpc) is 2.82. The van der Waals surface area contributed by atoms with E-state index in [1.165, 1.54) is 16.4 Å². The number of nitrogens with two attached hydrogens (primary N) is 2. The molecule has 2 aromatic rings. The summed E-state index contributed by atoms with van der Waals surface area (Å²) in [7, 11) is 1.72. The van der Waals surface area contributed by atoms with Gasteiger partial charge in [0.25, 0.3) is 0 Å². The molecule has 0 saturated heterocycles. The van der Waals surface area contributed by atoms with Gasteiger partial charge in [0.2, 0.25) is 11.1 Å². The Hall–Kier alpha value is -1.93. The Kier molecular flexibility index (Phi) is 3.82. The van der Waals surface area contributed by atoms with E-state index in [4.69, 9.17) is 11.5 Å². The van der Waals surface area contributed by atoms with Crippen molar-refractivity contribution in [3.05, 3.63) is 35.9 Å². The van der Waals surface area contributed by atoms with Gasteiger partial charge in [-0.2, -0.15) is 0 Å². The highest BCUT2D eigenvalue weighted by Crippen LogP contribution is 2.26. The SMILES string of the molecule is Cn1nnnc1SCC(N)(C(N)=O)c1ccccc1. The molecule has 100 valence electrons. The van der Waals surface area contributed by atoms with Crippen LogP contribution in [0.1, 0.15) is 5.56 Å². The number of nitrogens with zero attached hydrogens (tertiary/aromatic N) is 4. The molecule has 0 spiro atoms. The lowest BCUT2D eigenvalue weighted by Gasteiger charge is -2.25. The quantitative estimate of drug-likeness (QED) is 0.722. The summed E-state index contributed by atoms with van der Waals surface area (Å²) in [5.41, 5.74) is 11.0. The molecular weight excluding hydrogens is 264 g/mol. The monoisotopic (exact) mass is 278 g/mol. The third-order valence-electron chi connectivity index (χ3n) is 2.74. The highest BCUT2D eigenvalue weighted by atomic mass is 32.2. The third-order valence-corrected chi connectivity index (χ3v) is 3.94. The zero-order chi connectivity index (χ0) is 13.9. The Morgan fingerprint density at radius 3 is 2.63 bits per heavy atom. The van der Waals surface area contributed by atoms with Gasteiger partial charge < -0.3 is 11.5 Å². The second-order valence-corrected chi connectivity index (χ2v) is 5.02. The van der Waals surface area contributed by atoms with Crippen molar-refractivity contribution in [2.75, 3.05) is 5.75 Å². The number of rotatable bonds is 5. The number of primary amides is 1. The van der Waals surface area contributed by atoms with E-state index in [0.29, 0.717) is 10.7 Å². The number of hydrogen-bond donors (Lipinski definition) is 2. The van der Waals surface area contributed by atoms with Crippen LogP contribution in [0.3, 0.4) is 0 Å². The molecule has 19 heavy (non-hydrogen) atoms. The van der Waals surface area contributed by atoms with Crippen molar-refractivity contribution in [3.8, 4) is 0 Å². The number of benzene rings is 1. The van der Waals surface area contributed by atoms with Gasteiger partial charge in [-0.25, -0.2) is 4.68 Å². The van der Waals surface area contributed by atoms with E-state index in [9.17, 15) is 4.79 Å². The molecule has 8 heteroatoms. The van der Waals surface area contributed by atoms with Crippen molar-refractivity contribution in [1.29, 1.82) is 0 Å². The number of carbonyl (C=O) groups excluding carboxylic acids is 1. The van der Waals surface area contributed by atoms with Crippen molar-refractivity contribution in [2.45, 2.75) is 10.7 Å². The maximum atomic E-state index is 11.7. The maximum Gasteiger partial charge on any atom is 0.243 e. The zero-order valence-electron chi connectivity index (χ0n) is 10.4. The number of aryl methyl sites for hydroxylation is 1. The van der Waals surface area contributed by atoms with E-state index < -0.39 is 11.4 Å². The second-order valence-electron chi connectivity index (χ2n) is 4.08. The second kappa shape index (κ2) is 5.37. The molecule has 4 N–H and O–H groups in total. The van der Waals surface area contributed by atoms with E-state index in [2.05, 4.69) is 15.5 Å². The molecule has 1 aromatic carbocycles. The Labute approximate surface area is 114 Å². The Bertz CT molecular complexity index is 572. The highest BCUT2D eigenvalue weighted by molar-refractivity contribution is 7.99. The van der Waals surface area contributed by atoms with Crippen molar-refractivity contribution < 1.29 is 4.79 Å². The van der Waals surface area contributed by atoms with Crippen LogP contribution in [0.4, 0.5) is 0 Å². The van der Waals surface area contributed by atoms with Crippen molar-refractivity contribution >= 4 is 17.7 Å². The first-order valence-electron chi connectivity index (χ1n) is 5.53. The minimum Gasteiger partial charge on any atom is -0.368 e. The van der Waals surface area contributed by atoms with Crippen molar-refractivity contribution in [2.24, 2.45) is 18.5 Å². The first-order chi connectivity index (χ1) is 9.04. The zero-order valence-corrected chi connectivity index (χ0v) is 11.2. The number of thioether (sulfide) groups is 1. The normalized spacial score (nSPS) is 14.0. The van der Waals surface area contributed by atoms with Gasteiger partial charge in [0.05, 0.1) is 0 Å². The molecule has 0 radical (unpaired) electrons. The molecule has 0 fully saturated rings. The number of hydrogen-bond acceptors (Lipinski definition) is 6. The van der Waals surface area contributed by atoms with E-state index in [1.807, 2.05) is 18.2 Å². The summed E-state index contributed by atoms with van der Waals surface area (Å²) in [5, 5.41) is 11.6. The standard InChI is InChI=1S/C11H14N6OS/c1-17-10(14-15-16-17)19-7-11(13,9(12)18)8-5-3-2-4-6-8/h2-6H,7,13H2,1H3,(H2,12,18). The summed E-state index contributed by atoms with van der Waals surface area (Å²) >= 11 is 1.28. The summed E-state index contributed by atoms with van der Waals surface area (Å²) in [4.78, 5) is 11.7. The molecule has 2 rings (SSSR count). The molecule has 0 aliphatic carbocycles. The predicted molar refractivity (Wildman–Crippen MR) is 71.0 cm³/mol. The lowest BCUT2D eigenvalue weighted by atomic mass is 9.92. The largest absolute Gasteiger partial charge is 0.368 e. The summed E-state index contributed by atoms with van der Waals surface area (Å²) < 4.78 is 1.51. The first kappa shape index (κ1) is 13.5. The average molecular weight is 278 g/mol. The molecule has 7 nitrogen and oxygen atoms in total. The van der Waals surface area contributed by atoms with Crippen molar-refractivity contribution in [3.63, 3.8) is 0 Å². The van der Waals surface area contributed by atoms with Crippen LogP contribution >= 0.6 is 11.8 Å². The smallest absolute Gasteiger partial charge is 0.243 e. The molecule has 1 amide bonds. The fraction of sp³-hybridized carbons (Fsp3) is 0.273. The minimum atomic E-state index is -1.25. The maximum absolute atomic E-state index is 11.7. The van der Waals surface area contributed by atoms with Crippen LogP contribution in [-0.4, -0.2) is 31.9 Å². The van der Waals surface area contributed by atoms with Crippen LogP contribution in [0.15, 0.2) is 35.5 Å². The Morgan fingerprint density at radius 1 is 1.42 bits per heavy atom. The van der Waals surface area contributed by atoms with Gasteiger partial charge in [-0.1, -0.05) is 42.1 Å². The molecule has 0 aliphatic rings. The number of carbonyl (C=O) groups is 1. The highest BCUT2D eigenvalue weighted by Gasteiger charge is 2.34. The molecule has 1 heterocycles. The van der Waals surface area contributed by atoms with E-state index >= 15 is 0 Å². The van der Waals surface area contributed by atoms with Gasteiger partial charge >= 0.3 is 0 Å². The van der Waals surface area contributed by atoms with Crippen LogP contribution in [0.2, 0.25) is 0 Å². The molecule has 0 aliphatic heterocycles. The molecule has 0 saturated carbocycles. The topological polar surface area (TPSA) is 113 Å². The fourth-order valence-corrected chi connectivity index (χ4v) is 2.54. The molecule has 0 bridgehead atoms. The van der Waals surface area contributed by atoms with Gasteiger partial charge in [0, 0.05) is 12.8 Å². The summed E-state index contributed by atoms with van der Waals surface area (Å²) in [5.74, 6) is -0.318. The van der Waals surface area contributed by atoms with E-state index in [0.717, 1.165) is 0 Å². The number of amides is 1. The minimum absolute atomic E-state index is 0.264. The van der Waals surface area contributed by atoms with Crippen LogP contribution < -0.4 is 11.5 Å². The molecule has 1 atom stereocenters. The Balaban J connectivity index is 2.22. The molecule has 1 aromatic heterocycles. The fourth-order valence-electron chi connectivity index (χ4n) is 1.55. The summed E-state index contributed by atoms with van der Waals surface area (Å²) in [6, 6.07) is 9.04. The first-order valence-corrected chi connectivity index (χ1v) is 6.52. The van der Waals surface area contributed by atoms with Gasteiger partial charge in [-0.15, -0.1) is 5.10 Å². The van der Waals surface area contributed by atoms with E-state index in [-0.39, 0.29) is 5.75 Å². The molecule has 1 unspecified atom stereocenters. The number of aromatic nitrogens is 4. The van der Waals surface area contributed by atoms with Crippen LogP contribution in [0.5, 0.6) is 0 Å². The lowest BCUT2D eigenvalue weighted by Crippen LogP contribution is -2.51. The molecular formula is C11H14N6OS.